The minimum Gasteiger partial charge on any atom is -0.393 e. The van der Waals surface area contributed by atoms with Gasteiger partial charge in [-0.25, -0.2) is 0 Å². The summed E-state index contributed by atoms with van der Waals surface area (Å²) in [7, 11) is 0. The lowest BCUT2D eigenvalue weighted by Crippen LogP contribution is -2.48. The maximum atomic E-state index is 11.7. The molecule has 4 aliphatic rings. The van der Waals surface area contributed by atoms with E-state index < -0.39 is 0 Å². The van der Waals surface area contributed by atoms with Crippen molar-refractivity contribution >= 4 is 5.78 Å². The standard InChI is InChI=1S/C19H24O2/c1-18-9-7-13(20)11-12(18)3-4-14-15-5-6-17(21)19(15,2)10-8-16(14)18/h3-4,7,9,11,14-17,21H,5-6,8,10H2,1-2H3/t14-,15-,16-,17-,18-,19-/m0/s1. The van der Waals surface area contributed by atoms with Crippen molar-refractivity contribution in [1.29, 1.82) is 0 Å². The van der Waals surface area contributed by atoms with Gasteiger partial charge in [0.25, 0.3) is 0 Å². The molecular formula is C19H24O2. The van der Waals surface area contributed by atoms with Crippen LogP contribution in [0.25, 0.3) is 0 Å². The lowest BCUT2D eigenvalue weighted by Gasteiger charge is -2.54. The summed E-state index contributed by atoms with van der Waals surface area (Å²) in [5, 5.41) is 10.4. The number of allylic oxidation sites excluding steroid dienone is 6. The van der Waals surface area contributed by atoms with Gasteiger partial charge >= 0.3 is 0 Å². The second-order valence-electron chi connectivity index (χ2n) is 7.91. The zero-order valence-corrected chi connectivity index (χ0v) is 12.9. The van der Waals surface area contributed by atoms with E-state index in [9.17, 15) is 9.90 Å². The van der Waals surface area contributed by atoms with Crippen molar-refractivity contribution in [2.75, 3.05) is 0 Å². The van der Waals surface area contributed by atoms with E-state index in [0.29, 0.717) is 17.8 Å². The number of aliphatic hydroxyl groups is 1. The van der Waals surface area contributed by atoms with Crippen molar-refractivity contribution in [1.82, 2.24) is 0 Å². The zero-order chi connectivity index (χ0) is 14.8. The Labute approximate surface area is 126 Å². The van der Waals surface area contributed by atoms with Gasteiger partial charge in [-0.2, -0.15) is 0 Å². The normalized spacial score (nSPS) is 51.2. The van der Waals surface area contributed by atoms with E-state index in [-0.39, 0.29) is 22.7 Å². The summed E-state index contributed by atoms with van der Waals surface area (Å²) >= 11 is 0. The largest absolute Gasteiger partial charge is 0.393 e. The lowest BCUT2D eigenvalue weighted by atomic mass is 9.50. The number of aliphatic hydroxyl groups excluding tert-OH is 1. The SMILES string of the molecule is C[C@]12CC[C@H]3[C@@H](C=CC4=CC(=O)C=C[C@@]43C)[C@@H]1CC[C@@H]2O. The number of ketones is 1. The molecule has 0 aromatic rings. The molecule has 6 atom stereocenters. The fourth-order valence-electron chi connectivity index (χ4n) is 5.62. The number of fused-ring (bicyclic) bond motifs is 5. The van der Waals surface area contributed by atoms with E-state index >= 15 is 0 Å². The van der Waals surface area contributed by atoms with Gasteiger partial charge < -0.3 is 5.11 Å². The molecule has 4 rings (SSSR count). The molecule has 0 saturated heterocycles. The van der Waals surface area contributed by atoms with Crippen LogP contribution < -0.4 is 0 Å². The summed E-state index contributed by atoms with van der Waals surface area (Å²) in [6.07, 6.45) is 14.4. The van der Waals surface area contributed by atoms with Crippen molar-refractivity contribution in [3.05, 3.63) is 36.0 Å². The number of hydrogen-bond donors (Lipinski definition) is 1. The van der Waals surface area contributed by atoms with E-state index in [0.717, 1.165) is 25.7 Å². The van der Waals surface area contributed by atoms with Gasteiger partial charge in [-0.05, 0) is 66.6 Å². The first-order chi connectivity index (χ1) is 9.95. The van der Waals surface area contributed by atoms with Crippen LogP contribution in [0.1, 0.15) is 39.5 Å². The second kappa shape index (κ2) is 4.19. The summed E-state index contributed by atoms with van der Waals surface area (Å²) in [6.45, 7) is 4.57. The number of carbonyl (C=O) groups is 1. The predicted octanol–water partition coefficient (Wildman–Crippen LogP) is 3.43. The topological polar surface area (TPSA) is 37.3 Å². The number of carbonyl (C=O) groups excluding carboxylic acids is 1. The molecule has 0 aromatic carbocycles. The Bertz CT molecular complexity index is 584. The van der Waals surface area contributed by atoms with Gasteiger partial charge in [0.1, 0.15) is 0 Å². The monoisotopic (exact) mass is 284 g/mol. The molecule has 1 N–H and O–H groups in total. The van der Waals surface area contributed by atoms with Crippen LogP contribution in [0.5, 0.6) is 0 Å². The summed E-state index contributed by atoms with van der Waals surface area (Å²) in [5.41, 5.74) is 1.28. The van der Waals surface area contributed by atoms with Crippen molar-refractivity contribution < 1.29 is 9.90 Å². The van der Waals surface area contributed by atoms with Gasteiger partial charge in [0.2, 0.25) is 0 Å². The molecule has 0 bridgehead atoms. The Hall–Kier alpha value is -1.15. The highest BCUT2D eigenvalue weighted by atomic mass is 16.3. The molecule has 0 aromatic heterocycles. The average Bonchev–Trinajstić information content (AvgIpc) is 2.76. The van der Waals surface area contributed by atoms with Gasteiger partial charge in [0, 0.05) is 5.41 Å². The minimum atomic E-state index is -0.134. The first-order valence-electron chi connectivity index (χ1n) is 8.27. The molecule has 4 aliphatic carbocycles. The maximum Gasteiger partial charge on any atom is 0.178 e. The van der Waals surface area contributed by atoms with Gasteiger partial charge in [-0.3, -0.25) is 4.79 Å². The van der Waals surface area contributed by atoms with Gasteiger partial charge in [-0.15, -0.1) is 0 Å². The molecule has 21 heavy (non-hydrogen) atoms. The molecule has 0 heterocycles. The Balaban J connectivity index is 1.77. The Morgan fingerprint density at radius 3 is 2.76 bits per heavy atom. The van der Waals surface area contributed by atoms with Gasteiger partial charge in [-0.1, -0.05) is 32.1 Å². The van der Waals surface area contributed by atoms with Crippen LogP contribution in [0.15, 0.2) is 36.0 Å². The first kappa shape index (κ1) is 13.5. The van der Waals surface area contributed by atoms with Crippen LogP contribution in [-0.2, 0) is 4.79 Å². The first-order valence-corrected chi connectivity index (χ1v) is 8.27. The third kappa shape index (κ3) is 1.66. The lowest BCUT2D eigenvalue weighted by molar-refractivity contribution is -0.110. The van der Waals surface area contributed by atoms with Crippen molar-refractivity contribution in [2.45, 2.75) is 45.6 Å². The Morgan fingerprint density at radius 1 is 1.14 bits per heavy atom. The Kier molecular flexibility index (Phi) is 2.70. The van der Waals surface area contributed by atoms with E-state index in [2.05, 4.69) is 32.1 Å². The molecule has 2 fully saturated rings. The van der Waals surface area contributed by atoms with E-state index in [1.807, 2.05) is 6.08 Å². The van der Waals surface area contributed by atoms with Crippen LogP contribution in [0.3, 0.4) is 0 Å². The van der Waals surface area contributed by atoms with Gasteiger partial charge in [0.15, 0.2) is 5.78 Å². The molecule has 2 nitrogen and oxygen atoms in total. The van der Waals surface area contributed by atoms with E-state index in [4.69, 9.17) is 0 Å². The molecule has 2 saturated carbocycles. The summed E-state index contributed by atoms with van der Waals surface area (Å²) in [4.78, 5) is 11.7. The molecule has 0 radical (unpaired) electrons. The second-order valence-corrected chi connectivity index (χ2v) is 7.91. The molecular weight excluding hydrogens is 260 g/mol. The van der Waals surface area contributed by atoms with Crippen LogP contribution >= 0.6 is 0 Å². The summed E-state index contributed by atoms with van der Waals surface area (Å²) in [5.74, 6) is 1.82. The van der Waals surface area contributed by atoms with Crippen LogP contribution in [-0.4, -0.2) is 17.0 Å². The van der Waals surface area contributed by atoms with E-state index in [1.54, 1.807) is 6.08 Å². The van der Waals surface area contributed by atoms with Crippen LogP contribution in [0.4, 0.5) is 0 Å². The fourth-order valence-corrected chi connectivity index (χ4v) is 5.62. The van der Waals surface area contributed by atoms with Crippen LogP contribution in [0.2, 0.25) is 0 Å². The molecule has 0 unspecified atom stereocenters. The average molecular weight is 284 g/mol. The van der Waals surface area contributed by atoms with Gasteiger partial charge in [0.05, 0.1) is 6.10 Å². The number of rotatable bonds is 0. The molecule has 112 valence electrons. The third-order valence-corrected chi connectivity index (χ3v) is 7.06. The molecule has 0 amide bonds. The molecule has 0 spiro atoms. The quantitative estimate of drug-likeness (QED) is 0.740. The highest BCUT2D eigenvalue weighted by molar-refractivity contribution is 6.01. The van der Waals surface area contributed by atoms with E-state index in [1.165, 1.54) is 5.57 Å². The zero-order valence-electron chi connectivity index (χ0n) is 12.9. The third-order valence-electron chi connectivity index (χ3n) is 7.06. The molecule has 0 aliphatic heterocycles. The summed E-state index contributed by atoms with van der Waals surface area (Å²) in [6, 6.07) is 0. The highest BCUT2D eigenvalue weighted by Gasteiger charge is 2.57. The Morgan fingerprint density at radius 2 is 1.95 bits per heavy atom. The fraction of sp³-hybridized carbons (Fsp3) is 0.632. The number of hydrogen-bond acceptors (Lipinski definition) is 2. The summed E-state index contributed by atoms with van der Waals surface area (Å²) < 4.78 is 0. The predicted molar refractivity (Wildman–Crippen MR) is 82.5 cm³/mol. The smallest absolute Gasteiger partial charge is 0.178 e. The minimum absolute atomic E-state index is 0.00218. The molecule has 2 heteroatoms. The van der Waals surface area contributed by atoms with Crippen molar-refractivity contribution in [3.63, 3.8) is 0 Å². The van der Waals surface area contributed by atoms with Crippen LogP contribution in [0, 0.1) is 28.6 Å². The highest BCUT2D eigenvalue weighted by Crippen LogP contribution is 2.62. The van der Waals surface area contributed by atoms with Crippen molar-refractivity contribution in [2.24, 2.45) is 28.6 Å². The van der Waals surface area contributed by atoms with Crippen molar-refractivity contribution in [3.8, 4) is 0 Å². The maximum absolute atomic E-state index is 11.7.